The highest BCUT2D eigenvalue weighted by atomic mass is 16.5. The Kier molecular flexibility index (Phi) is 3.15. The lowest BCUT2D eigenvalue weighted by atomic mass is 10.1. The van der Waals surface area contributed by atoms with Crippen molar-refractivity contribution in [3.05, 3.63) is 47.2 Å². The van der Waals surface area contributed by atoms with Crippen LogP contribution in [0.5, 0.6) is 0 Å². The Hall–Kier alpha value is -2.34. The van der Waals surface area contributed by atoms with Gasteiger partial charge in [0.2, 0.25) is 0 Å². The summed E-state index contributed by atoms with van der Waals surface area (Å²) in [6, 6.07) is 8.49. The molecule has 0 bridgehead atoms. The van der Waals surface area contributed by atoms with Gasteiger partial charge in [0.05, 0.1) is 12.1 Å². The van der Waals surface area contributed by atoms with E-state index in [1.54, 1.807) is 13.0 Å². The number of benzene rings is 1. The number of aliphatic hydroxyl groups is 1. The lowest BCUT2D eigenvalue weighted by Crippen LogP contribution is -2.36. The van der Waals surface area contributed by atoms with Gasteiger partial charge in [-0.25, -0.2) is 4.79 Å². The first kappa shape index (κ1) is 12.7. The van der Waals surface area contributed by atoms with Crippen molar-refractivity contribution in [1.29, 1.82) is 0 Å². The fourth-order valence-corrected chi connectivity index (χ4v) is 2.47. The van der Waals surface area contributed by atoms with Gasteiger partial charge in [0, 0.05) is 12.5 Å². The lowest BCUT2D eigenvalue weighted by molar-refractivity contribution is 0.144. The zero-order chi connectivity index (χ0) is 14.1. The monoisotopic (exact) mass is 273 g/mol. The molecule has 1 aromatic heterocycles. The van der Waals surface area contributed by atoms with Gasteiger partial charge in [-0.1, -0.05) is 29.4 Å². The summed E-state index contributed by atoms with van der Waals surface area (Å²) >= 11 is 0. The van der Waals surface area contributed by atoms with Gasteiger partial charge < -0.3 is 14.9 Å². The number of hydrogen-bond acceptors (Lipinski definition) is 4. The van der Waals surface area contributed by atoms with E-state index in [1.807, 2.05) is 24.3 Å². The predicted molar refractivity (Wildman–Crippen MR) is 72.3 cm³/mol. The molecule has 2 atom stereocenters. The summed E-state index contributed by atoms with van der Waals surface area (Å²) in [4.78, 5) is 11.9. The molecule has 0 saturated heterocycles. The third kappa shape index (κ3) is 2.37. The highest BCUT2D eigenvalue weighted by molar-refractivity contribution is 5.88. The van der Waals surface area contributed by atoms with Crippen LogP contribution in [-0.4, -0.2) is 22.4 Å². The van der Waals surface area contributed by atoms with E-state index < -0.39 is 18.2 Å². The average Bonchev–Trinajstić information content (AvgIpc) is 2.94. The van der Waals surface area contributed by atoms with E-state index in [9.17, 15) is 9.90 Å². The van der Waals surface area contributed by atoms with Crippen molar-refractivity contribution in [2.45, 2.75) is 25.5 Å². The smallest absolute Gasteiger partial charge is 0.321 e. The first-order valence-corrected chi connectivity index (χ1v) is 6.40. The van der Waals surface area contributed by atoms with Crippen LogP contribution in [0.2, 0.25) is 0 Å². The van der Waals surface area contributed by atoms with Crippen LogP contribution in [0.4, 0.5) is 10.6 Å². The van der Waals surface area contributed by atoms with Crippen molar-refractivity contribution in [3.63, 3.8) is 0 Å². The molecule has 0 spiro atoms. The summed E-state index contributed by atoms with van der Waals surface area (Å²) < 4.78 is 4.87. The highest BCUT2D eigenvalue weighted by Gasteiger charge is 2.31. The van der Waals surface area contributed by atoms with Gasteiger partial charge >= 0.3 is 6.03 Å². The summed E-state index contributed by atoms with van der Waals surface area (Å²) in [7, 11) is 0. The minimum absolute atomic E-state index is 0.348. The second-order valence-corrected chi connectivity index (χ2v) is 4.87. The van der Waals surface area contributed by atoms with Gasteiger partial charge in [-0.2, -0.15) is 0 Å². The van der Waals surface area contributed by atoms with E-state index in [0.717, 1.165) is 11.1 Å². The number of carbonyl (C=O) groups is 1. The first-order chi connectivity index (χ1) is 9.63. The number of anilines is 1. The van der Waals surface area contributed by atoms with Gasteiger partial charge in [0.15, 0.2) is 5.82 Å². The van der Waals surface area contributed by atoms with Crippen LogP contribution in [0.15, 0.2) is 34.9 Å². The van der Waals surface area contributed by atoms with E-state index in [-0.39, 0.29) is 0 Å². The van der Waals surface area contributed by atoms with Gasteiger partial charge in [0.25, 0.3) is 0 Å². The number of aliphatic hydroxyl groups excluding tert-OH is 1. The van der Waals surface area contributed by atoms with Gasteiger partial charge in [-0.05, 0) is 18.1 Å². The quantitative estimate of drug-likeness (QED) is 0.778. The molecule has 6 nitrogen and oxygen atoms in total. The molecule has 0 fully saturated rings. The SMILES string of the molecule is Cc1cc(NC(=O)N[C@@H]2c3ccccc3C[C@@H]2O)no1. The number of aryl methyl sites for hydroxylation is 1. The summed E-state index contributed by atoms with van der Waals surface area (Å²) in [6.45, 7) is 1.74. The number of aromatic nitrogens is 1. The molecule has 3 rings (SSSR count). The molecule has 2 amide bonds. The fourth-order valence-electron chi connectivity index (χ4n) is 2.47. The number of nitrogens with zero attached hydrogens (tertiary/aromatic N) is 1. The van der Waals surface area contributed by atoms with E-state index in [2.05, 4.69) is 15.8 Å². The van der Waals surface area contributed by atoms with Crippen molar-refractivity contribution >= 4 is 11.8 Å². The Morgan fingerprint density at radius 3 is 3.00 bits per heavy atom. The molecular weight excluding hydrogens is 258 g/mol. The van der Waals surface area contributed by atoms with E-state index in [0.29, 0.717) is 18.0 Å². The molecular formula is C14H15N3O3. The second-order valence-electron chi connectivity index (χ2n) is 4.87. The number of rotatable bonds is 2. The molecule has 3 N–H and O–H groups in total. The van der Waals surface area contributed by atoms with E-state index >= 15 is 0 Å². The molecule has 0 aliphatic heterocycles. The Morgan fingerprint density at radius 1 is 1.45 bits per heavy atom. The minimum atomic E-state index is -0.614. The number of fused-ring (bicyclic) bond motifs is 1. The number of hydrogen-bond donors (Lipinski definition) is 3. The third-order valence-corrected chi connectivity index (χ3v) is 3.36. The second kappa shape index (κ2) is 4.97. The average molecular weight is 273 g/mol. The number of carbonyl (C=O) groups excluding carboxylic acids is 1. The zero-order valence-corrected chi connectivity index (χ0v) is 11.0. The molecule has 6 heteroatoms. The van der Waals surface area contributed by atoms with Crippen LogP contribution < -0.4 is 10.6 Å². The third-order valence-electron chi connectivity index (χ3n) is 3.36. The molecule has 1 aliphatic carbocycles. The molecule has 1 aliphatic rings. The Balaban J connectivity index is 1.70. The van der Waals surface area contributed by atoms with Crippen molar-refractivity contribution < 1.29 is 14.4 Å². The van der Waals surface area contributed by atoms with Gasteiger partial charge in [0.1, 0.15) is 5.76 Å². The summed E-state index contributed by atoms with van der Waals surface area (Å²) in [5, 5.41) is 19.1. The largest absolute Gasteiger partial charge is 0.390 e. The first-order valence-electron chi connectivity index (χ1n) is 6.40. The molecule has 2 aromatic rings. The van der Waals surface area contributed by atoms with Gasteiger partial charge in [-0.3, -0.25) is 5.32 Å². The molecule has 20 heavy (non-hydrogen) atoms. The normalized spacial score (nSPS) is 20.5. The predicted octanol–water partition coefficient (Wildman–Crippen LogP) is 1.76. The summed E-state index contributed by atoms with van der Waals surface area (Å²) in [5.74, 6) is 0.965. The molecule has 0 unspecified atom stereocenters. The van der Waals surface area contributed by atoms with Crippen LogP contribution in [0.25, 0.3) is 0 Å². The number of urea groups is 1. The van der Waals surface area contributed by atoms with Crippen molar-refractivity contribution in [2.75, 3.05) is 5.32 Å². The summed E-state index contributed by atoms with van der Waals surface area (Å²) in [6.07, 6.45) is -0.0679. The molecule has 0 saturated carbocycles. The van der Waals surface area contributed by atoms with Gasteiger partial charge in [-0.15, -0.1) is 0 Å². The Bertz CT molecular complexity index is 638. The highest BCUT2D eigenvalue weighted by Crippen LogP contribution is 2.31. The van der Waals surface area contributed by atoms with Crippen molar-refractivity contribution in [2.24, 2.45) is 0 Å². The summed E-state index contributed by atoms with van der Waals surface area (Å²) in [5.41, 5.74) is 2.01. The molecule has 1 heterocycles. The van der Waals surface area contributed by atoms with Crippen LogP contribution in [0, 0.1) is 6.92 Å². The zero-order valence-electron chi connectivity index (χ0n) is 11.0. The lowest BCUT2D eigenvalue weighted by Gasteiger charge is -2.17. The molecule has 104 valence electrons. The Labute approximate surface area is 115 Å². The van der Waals surface area contributed by atoms with Crippen LogP contribution in [-0.2, 0) is 6.42 Å². The number of nitrogens with one attached hydrogen (secondary N) is 2. The molecule has 1 aromatic carbocycles. The number of amides is 2. The maximum absolute atomic E-state index is 11.9. The minimum Gasteiger partial charge on any atom is -0.390 e. The Morgan fingerprint density at radius 2 is 2.25 bits per heavy atom. The van der Waals surface area contributed by atoms with Crippen LogP contribution in [0.1, 0.15) is 22.9 Å². The van der Waals surface area contributed by atoms with Crippen LogP contribution >= 0.6 is 0 Å². The fraction of sp³-hybridized carbons (Fsp3) is 0.286. The van der Waals surface area contributed by atoms with Crippen molar-refractivity contribution in [1.82, 2.24) is 10.5 Å². The van der Waals surface area contributed by atoms with Crippen molar-refractivity contribution in [3.8, 4) is 0 Å². The van der Waals surface area contributed by atoms with Crippen LogP contribution in [0.3, 0.4) is 0 Å². The maximum atomic E-state index is 11.9. The molecule has 0 radical (unpaired) electrons. The standard InChI is InChI=1S/C14H15N3O3/c1-8-6-12(17-20-8)15-14(19)16-13-10-5-3-2-4-9(10)7-11(13)18/h2-6,11,13,18H,7H2,1H3,(H2,15,16,17,19)/t11-,13+/m0/s1. The topological polar surface area (TPSA) is 87.4 Å². The van der Waals surface area contributed by atoms with E-state index in [4.69, 9.17) is 4.52 Å². The maximum Gasteiger partial charge on any atom is 0.321 e. The van der Waals surface area contributed by atoms with E-state index in [1.165, 1.54) is 0 Å².